The zero-order valence-electron chi connectivity index (χ0n) is 17.5. The van der Waals surface area contributed by atoms with E-state index in [2.05, 4.69) is 27.8 Å². The zero-order valence-corrected chi connectivity index (χ0v) is 19.9. The number of piperidine rings is 1. The van der Waals surface area contributed by atoms with E-state index < -0.39 is 5.60 Å². The van der Waals surface area contributed by atoms with E-state index in [4.69, 9.17) is 4.74 Å². The Balaban J connectivity index is 0.00000392. The van der Waals surface area contributed by atoms with Crippen LogP contribution in [0.15, 0.2) is 35.3 Å². The maximum Gasteiger partial charge on any atom is 0.410 e. The van der Waals surface area contributed by atoms with Gasteiger partial charge in [-0.2, -0.15) is 0 Å². The van der Waals surface area contributed by atoms with E-state index in [0.29, 0.717) is 5.92 Å². The van der Waals surface area contributed by atoms with Gasteiger partial charge in [0.1, 0.15) is 5.60 Å². The molecule has 2 N–H and O–H groups in total. The number of likely N-dealkylation sites (tertiary alicyclic amines) is 1. The van der Waals surface area contributed by atoms with Crippen LogP contribution in [0.3, 0.4) is 0 Å². The summed E-state index contributed by atoms with van der Waals surface area (Å²) in [6, 6.07) is 10.3. The largest absolute Gasteiger partial charge is 0.444 e. The SMILES string of the molecule is CN=C(NCCC1CCCN(C(=O)OC(C)(C)C)C1)NCc1ccccc1.I. The van der Waals surface area contributed by atoms with E-state index in [-0.39, 0.29) is 30.1 Å². The molecule has 1 aromatic carbocycles. The molecule has 0 radical (unpaired) electrons. The molecule has 1 atom stereocenters. The van der Waals surface area contributed by atoms with Crippen molar-refractivity contribution >= 4 is 36.0 Å². The Morgan fingerprint density at radius 3 is 2.61 bits per heavy atom. The van der Waals surface area contributed by atoms with Crippen molar-refractivity contribution in [3.05, 3.63) is 35.9 Å². The summed E-state index contributed by atoms with van der Waals surface area (Å²) in [5.74, 6) is 1.30. The molecule has 2 rings (SSSR count). The van der Waals surface area contributed by atoms with Gasteiger partial charge in [0.15, 0.2) is 5.96 Å². The lowest BCUT2D eigenvalue weighted by molar-refractivity contribution is 0.0162. The van der Waals surface area contributed by atoms with Gasteiger partial charge in [-0.25, -0.2) is 4.79 Å². The van der Waals surface area contributed by atoms with E-state index >= 15 is 0 Å². The van der Waals surface area contributed by atoms with E-state index in [1.807, 2.05) is 43.9 Å². The molecule has 1 amide bonds. The Kier molecular flexibility index (Phi) is 10.6. The van der Waals surface area contributed by atoms with Crippen LogP contribution in [0.2, 0.25) is 0 Å². The minimum atomic E-state index is -0.442. The molecule has 1 saturated heterocycles. The van der Waals surface area contributed by atoms with E-state index in [0.717, 1.165) is 51.4 Å². The van der Waals surface area contributed by atoms with Gasteiger partial charge < -0.3 is 20.3 Å². The summed E-state index contributed by atoms with van der Waals surface area (Å²) in [6.45, 7) is 8.86. The second-order valence-corrected chi connectivity index (χ2v) is 8.06. The summed E-state index contributed by atoms with van der Waals surface area (Å²) in [4.78, 5) is 18.4. The highest BCUT2D eigenvalue weighted by molar-refractivity contribution is 14.0. The van der Waals surface area contributed by atoms with Crippen LogP contribution < -0.4 is 10.6 Å². The number of hydrogen-bond acceptors (Lipinski definition) is 3. The Bertz CT molecular complexity index is 617. The fourth-order valence-corrected chi connectivity index (χ4v) is 3.19. The summed E-state index contributed by atoms with van der Waals surface area (Å²) < 4.78 is 5.50. The Labute approximate surface area is 186 Å². The lowest BCUT2D eigenvalue weighted by Crippen LogP contribution is -2.44. The second kappa shape index (κ2) is 12.1. The molecule has 0 aromatic heterocycles. The fraction of sp³-hybridized carbons (Fsp3) is 0.619. The molecular formula is C21H35IN4O2. The van der Waals surface area contributed by atoms with Gasteiger partial charge in [-0.05, 0) is 51.5 Å². The zero-order chi connectivity index (χ0) is 19.7. The van der Waals surface area contributed by atoms with Gasteiger partial charge >= 0.3 is 6.09 Å². The standard InChI is InChI=1S/C21H34N4O2.HI/c1-21(2,3)27-20(26)25-14-8-11-18(16-25)12-13-23-19(22-4)24-15-17-9-6-5-7-10-17;/h5-7,9-10,18H,8,11-16H2,1-4H3,(H2,22,23,24);1H. The molecule has 0 saturated carbocycles. The van der Waals surface area contributed by atoms with Crippen LogP contribution in [0.1, 0.15) is 45.6 Å². The maximum atomic E-state index is 12.3. The molecule has 1 fully saturated rings. The molecule has 28 heavy (non-hydrogen) atoms. The van der Waals surface area contributed by atoms with Crippen LogP contribution in [0.5, 0.6) is 0 Å². The Morgan fingerprint density at radius 2 is 1.96 bits per heavy atom. The topological polar surface area (TPSA) is 66.0 Å². The minimum Gasteiger partial charge on any atom is -0.444 e. The first-order valence-corrected chi connectivity index (χ1v) is 9.84. The molecule has 158 valence electrons. The number of nitrogens with zero attached hydrogens (tertiary/aromatic N) is 2. The summed E-state index contributed by atoms with van der Waals surface area (Å²) >= 11 is 0. The predicted octanol–water partition coefficient (Wildman–Crippen LogP) is 4.01. The number of guanidine groups is 1. The predicted molar refractivity (Wildman–Crippen MR) is 125 cm³/mol. The van der Waals surface area contributed by atoms with Crippen molar-refractivity contribution in [1.82, 2.24) is 15.5 Å². The van der Waals surface area contributed by atoms with Crippen LogP contribution in [-0.4, -0.2) is 49.2 Å². The van der Waals surface area contributed by atoms with Crippen molar-refractivity contribution in [3.63, 3.8) is 0 Å². The second-order valence-electron chi connectivity index (χ2n) is 8.06. The molecule has 1 unspecified atom stereocenters. The molecule has 1 aliphatic heterocycles. The van der Waals surface area contributed by atoms with Gasteiger partial charge in [-0.1, -0.05) is 30.3 Å². The number of aliphatic imine (C=N–C) groups is 1. The van der Waals surface area contributed by atoms with E-state index in [9.17, 15) is 4.79 Å². The van der Waals surface area contributed by atoms with Gasteiger partial charge in [0, 0.05) is 33.2 Å². The van der Waals surface area contributed by atoms with Crippen LogP contribution in [0.25, 0.3) is 0 Å². The fourth-order valence-electron chi connectivity index (χ4n) is 3.19. The minimum absolute atomic E-state index is 0. The molecule has 1 aliphatic rings. The summed E-state index contributed by atoms with van der Waals surface area (Å²) in [7, 11) is 1.78. The van der Waals surface area contributed by atoms with E-state index in [1.54, 1.807) is 7.05 Å². The van der Waals surface area contributed by atoms with Crippen molar-refractivity contribution in [2.75, 3.05) is 26.7 Å². The number of halogens is 1. The maximum absolute atomic E-state index is 12.3. The van der Waals surface area contributed by atoms with Gasteiger partial charge in [0.25, 0.3) is 0 Å². The van der Waals surface area contributed by atoms with Crippen molar-refractivity contribution in [2.24, 2.45) is 10.9 Å². The highest BCUT2D eigenvalue weighted by Gasteiger charge is 2.27. The lowest BCUT2D eigenvalue weighted by atomic mass is 9.95. The third-order valence-electron chi connectivity index (χ3n) is 4.54. The number of amides is 1. The van der Waals surface area contributed by atoms with Crippen LogP contribution in [-0.2, 0) is 11.3 Å². The third-order valence-corrected chi connectivity index (χ3v) is 4.54. The molecule has 0 spiro atoms. The number of carbonyl (C=O) groups excluding carboxylic acids is 1. The average Bonchev–Trinajstić information content (AvgIpc) is 2.64. The number of ether oxygens (including phenoxy) is 1. The quantitative estimate of drug-likeness (QED) is 0.363. The smallest absolute Gasteiger partial charge is 0.410 e. The Hall–Kier alpha value is -1.51. The normalized spacial score (nSPS) is 17.5. The number of rotatable bonds is 5. The number of nitrogens with one attached hydrogen (secondary N) is 2. The van der Waals surface area contributed by atoms with Crippen molar-refractivity contribution in [1.29, 1.82) is 0 Å². The molecular weight excluding hydrogens is 467 g/mol. The first-order valence-electron chi connectivity index (χ1n) is 9.84. The first kappa shape index (κ1) is 24.5. The monoisotopic (exact) mass is 502 g/mol. The Morgan fingerprint density at radius 1 is 1.25 bits per heavy atom. The van der Waals surface area contributed by atoms with Gasteiger partial charge in [0.2, 0.25) is 0 Å². The van der Waals surface area contributed by atoms with Crippen molar-refractivity contribution in [2.45, 2.75) is 52.2 Å². The van der Waals surface area contributed by atoms with Gasteiger partial charge in [-0.3, -0.25) is 4.99 Å². The molecule has 1 aromatic rings. The highest BCUT2D eigenvalue weighted by Crippen LogP contribution is 2.21. The highest BCUT2D eigenvalue weighted by atomic mass is 127. The third kappa shape index (κ3) is 9.12. The first-order chi connectivity index (χ1) is 12.9. The van der Waals surface area contributed by atoms with Crippen LogP contribution in [0.4, 0.5) is 4.79 Å². The van der Waals surface area contributed by atoms with Crippen LogP contribution in [0, 0.1) is 5.92 Å². The lowest BCUT2D eigenvalue weighted by Gasteiger charge is -2.34. The molecule has 0 bridgehead atoms. The van der Waals surface area contributed by atoms with Crippen molar-refractivity contribution in [3.8, 4) is 0 Å². The average molecular weight is 502 g/mol. The number of benzene rings is 1. The number of hydrogen-bond donors (Lipinski definition) is 2. The molecule has 6 nitrogen and oxygen atoms in total. The van der Waals surface area contributed by atoms with Gasteiger partial charge in [0.05, 0.1) is 0 Å². The molecule has 1 heterocycles. The summed E-state index contributed by atoms with van der Waals surface area (Å²) in [5, 5.41) is 6.70. The molecule has 7 heteroatoms. The summed E-state index contributed by atoms with van der Waals surface area (Å²) in [6.07, 6.45) is 2.99. The summed E-state index contributed by atoms with van der Waals surface area (Å²) in [5.41, 5.74) is 0.781. The molecule has 0 aliphatic carbocycles. The van der Waals surface area contributed by atoms with Gasteiger partial charge in [-0.15, -0.1) is 24.0 Å². The van der Waals surface area contributed by atoms with Crippen molar-refractivity contribution < 1.29 is 9.53 Å². The number of carbonyl (C=O) groups is 1. The van der Waals surface area contributed by atoms with E-state index in [1.165, 1.54) is 5.56 Å². The van der Waals surface area contributed by atoms with Crippen LogP contribution >= 0.6 is 24.0 Å².